The Morgan fingerprint density at radius 1 is 1.21 bits per heavy atom. The zero-order valence-corrected chi connectivity index (χ0v) is 9.89. The van der Waals surface area contributed by atoms with Gasteiger partial charge in [0.25, 0.3) is 0 Å². The maximum atomic E-state index is 12.9. The highest BCUT2D eigenvalue weighted by Gasteiger charge is 2.15. The van der Waals surface area contributed by atoms with Crippen LogP contribution in [0.1, 0.15) is 12.0 Å². The van der Waals surface area contributed by atoms with Crippen molar-refractivity contribution in [3.63, 3.8) is 0 Å². The zero-order chi connectivity index (χ0) is 13.2. The van der Waals surface area contributed by atoms with Gasteiger partial charge in [-0.15, -0.1) is 0 Å². The first-order chi connectivity index (χ1) is 9.20. The van der Waals surface area contributed by atoms with E-state index in [1.54, 1.807) is 12.1 Å². The third-order valence-corrected chi connectivity index (χ3v) is 2.80. The number of fused-ring (bicyclic) bond motifs is 1. The Labute approximate surface area is 108 Å². The lowest BCUT2D eigenvalue weighted by atomic mass is 10.0. The van der Waals surface area contributed by atoms with Crippen LogP contribution in [-0.2, 0) is 11.2 Å². The lowest BCUT2D eigenvalue weighted by Crippen LogP contribution is -2.18. The molecule has 5 nitrogen and oxygen atoms in total. The number of aryl methyl sites for hydroxylation is 1. The molecule has 0 saturated carbocycles. The van der Waals surface area contributed by atoms with Crippen LogP contribution in [-0.4, -0.2) is 15.9 Å². The zero-order valence-electron chi connectivity index (χ0n) is 9.89. The van der Waals surface area contributed by atoms with Crippen molar-refractivity contribution in [2.45, 2.75) is 12.8 Å². The van der Waals surface area contributed by atoms with Crippen LogP contribution in [0.5, 0.6) is 11.6 Å². The number of rotatable bonds is 2. The van der Waals surface area contributed by atoms with E-state index in [-0.39, 0.29) is 11.8 Å². The summed E-state index contributed by atoms with van der Waals surface area (Å²) in [4.78, 5) is 18.4. The summed E-state index contributed by atoms with van der Waals surface area (Å²) in [5.41, 5.74) is 1.78. The first kappa shape index (κ1) is 11.6. The van der Waals surface area contributed by atoms with Gasteiger partial charge >= 0.3 is 0 Å². The van der Waals surface area contributed by atoms with E-state index < -0.39 is 5.95 Å². The quantitative estimate of drug-likeness (QED) is 0.840. The van der Waals surface area contributed by atoms with Crippen molar-refractivity contribution in [3.05, 3.63) is 42.1 Å². The fraction of sp³-hybridized carbons (Fsp3) is 0.154. The van der Waals surface area contributed by atoms with Crippen LogP contribution < -0.4 is 10.1 Å². The van der Waals surface area contributed by atoms with Crippen LogP contribution in [0.3, 0.4) is 0 Å². The number of nitrogens with one attached hydrogen (secondary N) is 1. The van der Waals surface area contributed by atoms with Crippen molar-refractivity contribution in [2.24, 2.45) is 0 Å². The van der Waals surface area contributed by atoms with Gasteiger partial charge in [-0.1, -0.05) is 0 Å². The minimum atomic E-state index is -0.643. The van der Waals surface area contributed by atoms with E-state index in [1.165, 1.54) is 0 Å². The summed E-state index contributed by atoms with van der Waals surface area (Å²) in [6.07, 6.45) is 2.22. The largest absolute Gasteiger partial charge is 0.439 e. The molecule has 1 aromatic carbocycles. The van der Waals surface area contributed by atoms with Crippen LogP contribution in [0.25, 0.3) is 0 Å². The molecule has 0 aliphatic carbocycles. The number of benzene rings is 1. The topological polar surface area (TPSA) is 64.1 Å². The smallest absolute Gasteiger partial charge is 0.225 e. The number of halogens is 1. The van der Waals surface area contributed by atoms with Gasteiger partial charge in [0, 0.05) is 12.1 Å². The second-order valence-electron chi connectivity index (χ2n) is 4.15. The number of hydrogen-bond acceptors (Lipinski definition) is 4. The molecule has 0 spiro atoms. The summed E-state index contributed by atoms with van der Waals surface area (Å²) in [5.74, 6) is 0.0644. The van der Waals surface area contributed by atoms with Gasteiger partial charge in [-0.3, -0.25) is 4.79 Å². The van der Waals surface area contributed by atoms with Crippen LogP contribution in [0.2, 0.25) is 0 Å². The van der Waals surface area contributed by atoms with Gasteiger partial charge in [0.2, 0.25) is 17.7 Å². The molecule has 0 fully saturated rings. The SMILES string of the molecule is O=C1CCc2cc(Oc3cc(F)ncn3)ccc2N1. The van der Waals surface area contributed by atoms with Gasteiger partial charge in [0.05, 0.1) is 6.07 Å². The van der Waals surface area contributed by atoms with Gasteiger partial charge in [-0.25, -0.2) is 9.97 Å². The Balaban J connectivity index is 1.85. The molecule has 1 aromatic heterocycles. The van der Waals surface area contributed by atoms with Crippen LogP contribution in [0.4, 0.5) is 10.1 Å². The Bertz CT molecular complexity index is 646. The molecular formula is C13H10FN3O2. The summed E-state index contributed by atoms with van der Waals surface area (Å²) >= 11 is 0. The molecule has 19 heavy (non-hydrogen) atoms. The fourth-order valence-electron chi connectivity index (χ4n) is 1.92. The van der Waals surface area contributed by atoms with Gasteiger partial charge in [-0.05, 0) is 30.2 Å². The van der Waals surface area contributed by atoms with Crippen LogP contribution in [0, 0.1) is 5.95 Å². The van der Waals surface area contributed by atoms with Crippen molar-refractivity contribution in [1.29, 1.82) is 0 Å². The molecule has 0 saturated heterocycles. The summed E-state index contributed by atoms with van der Waals surface area (Å²) in [7, 11) is 0. The molecular weight excluding hydrogens is 249 g/mol. The van der Waals surface area contributed by atoms with Crippen molar-refractivity contribution >= 4 is 11.6 Å². The normalized spacial score (nSPS) is 13.6. The molecule has 6 heteroatoms. The lowest BCUT2D eigenvalue weighted by molar-refractivity contribution is -0.116. The number of carbonyl (C=O) groups is 1. The maximum Gasteiger partial charge on any atom is 0.225 e. The Hall–Kier alpha value is -2.50. The van der Waals surface area contributed by atoms with Crippen molar-refractivity contribution in [2.75, 3.05) is 5.32 Å². The average molecular weight is 259 g/mol. The second kappa shape index (κ2) is 4.64. The molecule has 0 bridgehead atoms. The van der Waals surface area contributed by atoms with Crippen molar-refractivity contribution in [3.8, 4) is 11.6 Å². The lowest BCUT2D eigenvalue weighted by Gasteiger charge is -2.17. The Morgan fingerprint density at radius 3 is 2.95 bits per heavy atom. The van der Waals surface area contributed by atoms with Crippen molar-refractivity contribution < 1.29 is 13.9 Å². The van der Waals surface area contributed by atoms with E-state index in [2.05, 4.69) is 15.3 Å². The molecule has 0 atom stereocenters. The van der Waals surface area contributed by atoms with E-state index in [0.717, 1.165) is 23.6 Å². The summed E-state index contributed by atoms with van der Waals surface area (Å²) < 4.78 is 18.4. The van der Waals surface area contributed by atoms with Gasteiger partial charge in [-0.2, -0.15) is 4.39 Å². The summed E-state index contributed by atoms with van der Waals surface area (Å²) in [6, 6.07) is 6.39. The molecule has 0 radical (unpaired) electrons. The molecule has 2 aromatic rings. The first-order valence-electron chi connectivity index (χ1n) is 5.79. The number of nitrogens with zero attached hydrogens (tertiary/aromatic N) is 2. The van der Waals surface area contributed by atoms with Gasteiger partial charge in [0.1, 0.15) is 12.1 Å². The Kier molecular flexibility index (Phi) is 2.83. The minimum absolute atomic E-state index is 0.0130. The van der Waals surface area contributed by atoms with E-state index in [0.29, 0.717) is 18.6 Å². The molecule has 2 heterocycles. The number of amides is 1. The highest BCUT2D eigenvalue weighted by molar-refractivity contribution is 5.94. The maximum absolute atomic E-state index is 12.9. The van der Waals surface area contributed by atoms with Gasteiger partial charge < -0.3 is 10.1 Å². The molecule has 1 amide bonds. The van der Waals surface area contributed by atoms with E-state index in [9.17, 15) is 9.18 Å². The average Bonchev–Trinajstić information content (AvgIpc) is 2.39. The third kappa shape index (κ3) is 2.52. The van der Waals surface area contributed by atoms with E-state index in [4.69, 9.17) is 4.74 Å². The first-order valence-corrected chi connectivity index (χ1v) is 5.79. The molecule has 0 unspecified atom stereocenters. The second-order valence-corrected chi connectivity index (χ2v) is 4.15. The van der Waals surface area contributed by atoms with E-state index in [1.807, 2.05) is 6.07 Å². The van der Waals surface area contributed by atoms with Crippen LogP contribution in [0.15, 0.2) is 30.6 Å². The number of ether oxygens (including phenoxy) is 1. The van der Waals surface area contributed by atoms with Crippen LogP contribution >= 0.6 is 0 Å². The summed E-state index contributed by atoms with van der Waals surface area (Å²) in [5, 5.41) is 2.78. The molecule has 1 N–H and O–H groups in total. The fourth-order valence-corrected chi connectivity index (χ4v) is 1.92. The molecule has 96 valence electrons. The minimum Gasteiger partial charge on any atom is -0.439 e. The number of carbonyl (C=O) groups excluding carboxylic acids is 1. The molecule has 3 rings (SSSR count). The van der Waals surface area contributed by atoms with E-state index >= 15 is 0 Å². The monoisotopic (exact) mass is 259 g/mol. The van der Waals surface area contributed by atoms with Gasteiger partial charge in [0.15, 0.2) is 0 Å². The molecule has 1 aliphatic rings. The predicted octanol–water partition coefficient (Wildman–Crippen LogP) is 2.29. The number of hydrogen-bond donors (Lipinski definition) is 1. The summed E-state index contributed by atoms with van der Waals surface area (Å²) in [6.45, 7) is 0. The highest BCUT2D eigenvalue weighted by Crippen LogP contribution is 2.28. The van der Waals surface area contributed by atoms with Crippen molar-refractivity contribution in [1.82, 2.24) is 9.97 Å². The highest BCUT2D eigenvalue weighted by atomic mass is 19.1. The Morgan fingerprint density at radius 2 is 2.11 bits per heavy atom. The molecule has 1 aliphatic heterocycles. The predicted molar refractivity (Wildman–Crippen MR) is 65.5 cm³/mol. The number of anilines is 1. The third-order valence-electron chi connectivity index (χ3n) is 2.80. The standard InChI is InChI=1S/C13H10FN3O2/c14-11-6-13(16-7-15-11)19-9-2-3-10-8(5-9)1-4-12(18)17-10/h2-3,5-7H,1,4H2,(H,17,18). The number of aromatic nitrogens is 2.